The molecule has 0 aromatic carbocycles. The molecule has 0 spiro atoms. The van der Waals surface area contributed by atoms with Crippen molar-refractivity contribution in [2.24, 2.45) is 11.5 Å². The van der Waals surface area contributed by atoms with Crippen molar-refractivity contribution in [3.63, 3.8) is 0 Å². The van der Waals surface area contributed by atoms with Crippen LogP contribution >= 0.6 is 0 Å². The second-order valence-electron chi connectivity index (χ2n) is 5.16. The molecular formula is C16H34N2. The number of allylic oxidation sites excluding steroid dienone is 2. The van der Waals surface area contributed by atoms with Gasteiger partial charge in [-0.05, 0) is 51.6 Å². The predicted octanol–water partition coefficient (Wildman–Crippen LogP) is 4.14. The van der Waals surface area contributed by atoms with Crippen LogP contribution in [0.4, 0.5) is 0 Å². The van der Waals surface area contributed by atoms with Crippen LogP contribution in [-0.4, -0.2) is 13.1 Å². The molecule has 2 heteroatoms. The summed E-state index contributed by atoms with van der Waals surface area (Å²) < 4.78 is 0. The normalized spacial score (nSPS) is 11.4. The summed E-state index contributed by atoms with van der Waals surface area (Å²) in [6, 6.07) is 0. The van der Waals surface area contributed by atoms with Crippen molar-refractivity contribution in [1.82, 2.24) is 0 Å². The lowest BCUT2D eigenvalue weighted by atomic mass is 10.1. The third-order valence-corrected chi connectivity index (χ3v) is 3.32. The van der Waals surface area contributed by atoms with Crippen molar-refractivity contribution < 1.29 is 0 Å². The van der Waals surface area contributed by atoms with Gasteiger partial charge in [0.1, 0.15) is 0 Å². The monoisotopic (exact) mass is 254 g/mol. The van der Waals surface area contributed by atoms with E-state index in [1.165, 1.54) is 77.0 Å². The lowest BCUT2D eigenvalue weighted by Gasteiger charge is -2.00. The van der Waals surface area contributed by atoms with Crippen LogP contribution in [0.25, 0.3) is 0 Å². The molecule has 18 heavy (non-hydrogen) atoms. The molecule has 2 nitrogen and oxygen atoms in total. The third-order valence-electron chi connectivity index (χ3n) is 3.32. The summed E-state index contributed by atoms with van der Waals surface area (Å²) in [7, 11) is 0. The predicted molar refractivity (Wildman–Crippen MR) is 82.7 cm³/mol. The first-order valence-corrected chi connectivity index (χ1v) is 7.97. The minimum Gasteiger partial charge on any atom is -0.330 e. The summed E-state index contributed by atoms with van der Waals surface area (Å²) in [6.45, 7) is 1.70. The van der Waals surface area contributed by atoms with Gasteiger partial charge in [-0.2, -0.15) is 0 Å². The first-order chi connectivity index (χ1) is 8.91. The average molecular weight is 254 g/mol. The Morgan fingerprint density at radius 3 is 1.22 bits per heavy atom. The molecule has 0 saturated carbocycles. The largest absolute Gasteiger partial charge is 0.330 e. The van der Waals surface area contributed by atoms with Crippen LogP contribution in [0.3, 0.4) is 0 Å². The topological polar surface area (TPSA) is 52.0 Å². The molecule has 0 amide bonds. The Bertz CT molecular complexity index is 166. The molecule has 0 unspecified atom stereocenters. The molecule has 4 N–H and O–H groups in total. The molecule has 0 aliphatic carbocycles. The molecule has 0 aromatic rings. The Balaban J connectivity index is 2.99. The Morgan fingerprint density at radius 2 is 0.778 bits per heavy atom. The van der Waals surface area contributed by atoms with E-state index in [1.807, 2.05) is 0 Å². The smallest absolute Gasteiger partial charge is 0.00773 e. The average Bonchev–Trinajstić information content (AvgIpc) is 2.39. The van der Waals surface area contributed by atoms with Crippen LogP contribution in [0.2, 0.25) is 0 Å². The van der Waals surface area contributed by atoms with Crippen LogP contribution in [0.1, 0.15) is 77.0 Å². The molecule has 0 atom stereocenters. The summed E-state index contributed by atoms with van der Waals surface area (Å²) >= 11 is 0. The summed E-state index contributed by atoms with van der Waals surface area (Å²) in [6.07, 6.45) is 20.4. The van der Waals surface area contributed by atoms with Crippen LogP contribution in [0.5, 0.6) is 0 Å². The van der Waals surface area contributed by atoms with E-state index < -0.39 is 0 Å². The first kappa shape index (κ1) is 17.7. The highest BCUT2D eigenvalue weighted by Gasteiger charge is 1.90. The maximum absolute atomic E-state index is 5.46. The zero-order valence-electron chi connectivity index (χ0n) is 12.2. The minimum atomic E-state index is 0.842. The second-order valence-corrected chi connectivity index (χ2v) is 5.16. The zero-order chi connectivity index (χ0) is 13.3. The highest BCUT2D eigenvalue weighted by atomic mass is 14.5. The lowest BCUT2D eigenvalue weighted by Crippen LogP contribution is -1.97. The molecule has 0 radical (unpaired) electrons. The Kier molecular flexibility index (Phi) is 16.3. The summed E-state index contributed by atoms with van der Waals surface area (Å²) in [5, 5.41) is 0. The third kappa shape index (κ3) is 15.7. The number of rotatable bonds is 14. The number of unbranched alkanes of at least 4 members (excludes halogenated alkanes) is 10. The van der Waals surface area contributed by atoms with Gasteiger partial charge in [-0.25, -0.2) is 0 Å². The van der Waals surface area contributed by atoms with Gasteiger partial charge in [0.25, 0.3) is 0 Å². The summed E-state index contributed by atoms with van der Waals surface area (Å²) in [5.41, 5.74) is 10.9. The highest BCUT2D eigenvalue weighted by molar-refractivity contribution is 4.81. The van der Waals surface area contributed by atoms with E-state index in [-0.39, 0.29) is 0 Å². The van der Waals surface area contributed by atoms with Gasteiger partial charge in [-0.15, -0.1) is 0 Å². The van der Waals surface area contributed by atoms with Gasteiger partial charge in [0.2, 0.25) is 0 Å². The maximum Gasteiger partial charge on any atom is -0.00773 e. The van der Waals surface area contributed by atoms with E-state index in [4.69, 9.17) is 11.5 Å². The second kappa shape index (κ2) is 16.7. The fourth-order valence-electron chi connectivity index (χ4n) is 2.11. The van der Waals surface area contributed by atoms with Crippen LogP contribution < -0.4 is 11.5 Å². The Hall–Kier alpha value is -0.340. The first-order valence-electron chi connectivity index (χ1n) is 7.97. The molecule has 0 bridgehead atoms. The van der Waals surface area contributed by atoms with E-state index in [9.17, 15) is 0 Å². The summed E-state index contributed by atoms with van der Waals surface area (Å²) in [4.78, 5) is 0. The van der Waals surface area contributed by atoms with Crippen molar-refractivity contribution in [3.8, 4) is 0 Å². The fraction of sp³-hybridized carbons (Fsp3) is 0.875. The van der Waals surface area contributed by atoms with E-state index in [0.717, 1.165) is 13.1 Å². The lowest BCUT2D eigenvalue weighted by molar-refractivity contribution is 0.584. The number of nitrogens with two attached hydrogens (primary N) is 2. The van der Waals surface area contributed by atoms with Gasteiger partial charge >= 0.3 is 0 Å². The quantitative estimate of drug-likeness (QED) is 0.361. The molecule has 0 rings (SSSR count). The standard InChI is InChI=1S/C16H34N2/c17-15-13-11-9-7-5-3-1-2-4-6-8-10-12-14-16-18/h3,5H,1-2,4,6-18H2. The van der Waals surface area contributed by atoms with Crippen molar-refractivity contribution in [3.05, 3.63) is 12.2 Å². The summed E-state index contributed by atoms with van der Waals surface area (Å²) in [5.74, 6) is 0. The van der Waals surface area contributed by atoms with Crippen molar-refractivity contribution in [2.75, 3.05) is 13.1 Å². The van der Waals surface area contributed by atoms with E-state index in [0.29, 0.717) is 0 Å². The molecule has 0 saturated heterocycles. The van der Waals surface area contributed by atoms with E-state index in [2.05, 4.69) is 12.2 Å². The number of hydrogen-bond donors (Lipinski definition) is 2. The van der Waals surface area contributed by atoms with E-state index in [1.54, 1.807) is 0 Å². The van der Waals surface area contributed by atoms with Gasteiger partial charge in [0.05, 0.1) is 0 Å². The maximum atomic E-state index is 5.46. The molecule has 0 aliphatic heterocycles. The van der Waals surface area contributed by atoms with Crippen LogP contribution in [0.15, 0.2) is 12.2 Å². The molecule has 0 aliphatic rings. The number of hydrogen-bond acceptors (Lipinski definition) is 2. The molecule has 0 aromatic heterocycles. The fourth-order valence-corrected chi connectivity index (χ4v) is 2.11. The van der Waals surface area contributed by atoms with Crippen molar-refractivity contribution in [1.29, 1.82) is 0 Å². The van der Waals surface area contributed by atoms with Gasteiger partial charge in [0.15, 0.2) is 0 Å². The molecule has 108 valence electrons. The zero-order valence-corrected chi connectivity index (χ0v) is 12.2. The van der Waals surface area contributed by atoms with Crippen LogP contribution in [-0.2, 0) is 0 Å². The molecule has 0 heterocycles. The van der Waals surface area contributed by atoms with E-state index >= 15 is 0 Å². The minimum absolute atomic E-state index is 0.842. The SMILES string of the molecule is NCCCCCC=CCCCCCCCCCN. The Morgan fingerprint density at radius 1 is 0.444 bits per heavy atom. The van der Waals surface area contributed by atoms with Gasteiger partial charge in [-0.3, -0.25) is 0 Å². The Labute approximate surface area is 114 Å². The highest BCUT2D eigenvalue weighted by Crippen LogP contribution is 2.09. The van der Waals surface area contributed by atoms with Gasteiger partial charge < -0.3 is 11.5 Å². The van der Waals surface area contributed by atoms with Crippen LogP contribution in [0, 0.1) is 0 Å². The van der Waals surface area contributed by atoms with Crippen molar-refractivity contribution in [2.45, 2.75) is 77.0 Å². The molecule has 0 fully saturated rings. The van der Waals surface area contributed by atoms with Gasteiger partial charge in [-0.1, -0.05) is 50.7 Å². The van der Waals surface area contributed by atoms with Gasteiger partial charge in [0, 0.05) is 0 Å². The van der Waals surface area contributed by atoms with Crippen molar-refractivity contribution >= 4 is 0 Å². The molecular weight excluding hydrogens is 220 g/mol.